The Morgan fingerprint density at radius 1 is 1.14 bits per heavy atom. The maximum Gasteiger partial charge on any atom is 0.248 e. The molecule has 0 saturated carbocycles. The van der Waals surface area contributed by atoms with Gasteiger partial charge in [-0.1, -0.05) is 18.2 Å². The molecular formula is C21H27N5O2. The van der Waals surface area contributed by atoms with Crippen LogP contribution < -0.4 is 20.7 Å². The fourth-order valence-electron chi connectivity index (χ4n) is 3.28. The molecule has 3 rings (SSSR count). The maximum atomic E-state index is 11.2. The van der Waals surface area contributed by atoms with Crippen LogP contribution in [-0.4, -0.2) is 57.1 Å². The summed E-state index contributed by atoms with van der Waals surface area (Å²) in [6.45, 7) is 4.25. The molecule has 0 aliphatic carbocycles. The summed E-state index contributed by atoms with van der Waals surface area (Å²) in [6, 6.07) is 15.5. The van der Waals surface area contributed by atoms with Crippen LogP contribution in [0, 0.1) is 0 Å². The number of nitrogens with one attached hydrogen (secondary N) is 1. The number of rotatable bonds is 5. The van der Waals surface area contributed by atoms with E-state index in [1.165, 1.54) is 5.69 Å². The lowest BCUT2D eigenvalue weighted by molar-refractivity contribution is 0.100. The van der Waals surface area contributed by atoms with Crippen molar-refractivity contribution in [1.29, 1.82) is 0 Å². The zero-order valence-electron chi connectivity index (χ0n) is 16.4. The SMILES string of the molecule is CN=C(NCc1ccc(C(N)=O)cc1)N1CCN(c2cccc(OC)c2)CC1. The molecular weight excluding hydrogens is 354 g/mol. The minimum absolute atomic E-state index is 0.413. The van der Waals surface area contributed by atoms with Crippen molar-refractivity contribution in [3.05, 3.63) is 59.7 Å². The van der Waals surface area contributed by atoms with Crippen LogP contribution in [0.3, 0.4) is 0 Å². The van der Waals surface area contributed by atoms with Crippen LogP contribution in [0.5, 0.6) is 5.75 Å². The highest BCUT2D eigenvalue weighted by atomic mass is 16.5. The van der Waals surface area contributed by atoms with E-state index >= 15 is 0 Å². The summed E-state index contributed by atoms with van der Waals surface area (Å²) < 4.78 is 5.32. The highest BCUT2D eigenvalue weighted by molar-refractivity contribution is 5.92. The topological polar surface area (TPSA) is 83.2 Å². The van der Waals surface area contributed by atoms with Crippen molar-refractivity contribution in [2.45, 2.75) is 6.54 Å². The molecule has 1 heterocycles. The predicted octanol–water partition coefficient (Wildman–Crippen LogP) is 1.69. The number of piperazine rings is 1. The van der Waals surface area contributed by atoms with Crippen molar-refractivity contribution >= 4 is 17.6 Å². The standard InChI is InChI=1S/C21H27N5O2/c1-23-21(24-15-16-6-8-17(9-7-16)20(22)27)26-12-10-25(11-13-26)18-4-3-5-19(14-18)28-2/h3-9,14H,10-13,15H2,1-2H3,(H2,22,27)(H,23,24). The molecule has 1 aliphatic heterocycles. The van der Waals surface area contributed by atoms with Gasteiger partial charge >= 0.3 is 0 Å². The third-order valence-corrected chi connectivity index (χ3v) is 4.90. The first-order valence-corrected chi connectivity index (χ1v) is 9.34. The number of methoxy groups -OCH3 is 1. The molecule has 7 heteroatoms. The van der Waals surface area contributed by atoms with Gasteiger partial charge in [-0.25, -0.2) is 0 Å². The van der Waals surface area contributed by atoms with Gasteiger partial charge in [0.15, 0.2) is 5.96 Å². The number of carbonyl (C=O) groups is 1. The van der Waals surface area contributed by atoms with E-state index in [0.717, 1.165) is 43.5 Å². The first-order chi connectivity index (χ1) is 13.6. The molecule has 1 fully saturated rings. The van der Waals surface area contributed by atoms with Crippen molar-refractivity contribution in [3.63, 3.8) is 0 Å². The lowest BCUT2D eigenvalue weighted by Crippen LogP contribution is -2.52. The van der Waals surface area contributed by atoms with Crippen LogP contribution in [0.4, 0.5) is 5.69 Å². The molecule has 0 bridgehead atoms. The van der Waals surface area contributed by atoms with E-state index in [1.807, 2.05) is 24.3 Å². The van der Waals surface area contributed by atoms with Gasteiger partial charge in [0.1, 0.15) is 5.75 Å². The molecule has 0 unspecified atom stereocenters. The molecule has 0 atom stereocenters. The van der Waals surface area contributed by atoms with Crippen LogP contribution in [0.15, 0.2) is 53.5 Å². The minimum atomic E-state index is -0.413. The van der Waals surface area contributed by atoms with E-state index in [0.29, 0.717) is 12.1 Å². The van der Waals surface area contributed by atoms with Gasteiger partial charge in [0.2, 0.25) is 5.91 Å². The highest BCUT2D eigenvalue weighted by Gasteiger charge is 2.20. The Labute approximate surface area is 165 Å². The molecule has 1 saturated heterocycles. The molecule has 0 radical (unpaired) electrons. The number of carbonyl (C=O) groups excluding carboxylic acids is 1. The Morgan fingerprint density at radius 3 is 2.46 bits per heavy atom. The third kappa shape index (κ3) is 4.73. The fraction of sp³-hybridized carbons (Fsp3) is 0.333. The zero-order valence-corrected chi connectivity index (χ0v) is 16.4. The summed E-state index contributed by atoms with van der Waals surface area (Å²) in [5.74, 6) is 1.34. The van der Waals surface area contributed by atoms with Crippen molar-refractivity contribution < 1.29 is 9.53 Å². The summed E-state index contributed by atoms with van der Waals surface area (Å²) in [5, 5.41) is 3.40. The van der Waals surface area contributed by atoms with Gasteiger partial charge < -0.3 is 25.6 Å². The Kier molecular flexibility index (Phi) is 6.37. The number of benzene rings is 2. The fourth-order valence-corrected chi connectivity index (χ4v) is 3.28. The van der Waals surface area contributed by atoms with Gasteiger partial charge in [0.25, 0.3) is 0 Å². The Balaban J connectivity index is 1.54. The monoisotopic (exact) mass is 381 g/mol. The van der Waals surface area contributed by atoms with Crippen LogP contribution in [0.1, 0.15) is 15.9 Å². The van der Waals surface area contributed by atoms with Gasteiger partial charge in [-0.2, -0.15) is 0 Å². The number of anilines is 1. The lowest BCUT2D eigenvalue weighted by atomic mass is 10.1. The Morgan fingerprint density at radius 2 is 1.86 bits per heavy atom. The summed E-state index contributed by atoms with van der Waals surface area (Å²) in [7, 11) is 3.49. The van der Waals surface area contributed by atoms with E-state index < -0.39 is 5.91 Å². The first kappa shape index (κ1) is 19.5. The maximum absolute atomic E-state index is 11.2. The lowest BCUT2D eigenvalue weighted by Gasteiger charge is -2.37. The number of aliphatic imine (C=N–C) groups is 1. The average molecular weight is 381 g/mol. The largest absolute Gasteiger partial charge is 0.497 e. The van der Waals surface area contributed by atoms with Crippen LogP contribution in [0.2, 0.25) is 0 Å². The van der Waals surface area contributed by atoms with E-state index in [2.05, 4.69) is 32.2 Å². The molecule has 28 heavy (non-hydrogen) atoms. The molecule has 2 aromatic carbocycles. The molecule has 148 valence electrons. The second-order valence-corrected chi connectivity index (χ2v) is 6.64. The quantitative estimate of drug-likeness (QED) is 0.608. The summed E-state index contributed by atoms with van der Waals surface area (Å²) in [5.41, 5.74) is 8.05. The van der Waals surface area contributed by atoms with Gasteiger partial charge in [0.05, 0.1) is 7.11 Å². The number of hydrogen-bond acceptors (Lipinski definition) is 4. The van der Waals surface area contributed by atoms with Crippen molar-refractivity contribution in [2.24, 2.45) is 10.7 Å². The summed E-state index contributed by atoms with van der Waals surface area (Å²) in [6.07, 6.45) is 0. The van der Waals surface area contributed by atoms with E-state index in [1.54, 1.807) is 26.3 Å². The molecule has 2 aromatic rings. The number of hydrogen-bond donors (Lipinski definition) is 2. The van der Waals surface area contributed by atoms with Gasteiger partial charge in [0, 0.05) is 57.1 Å². The second kappa shape index (κ2) is 9.12. The van der Waals surface area contributed by atoms with E-state index in [4.69, 9.17) is 10.5 Å². The van der Waals surface area contributed by atoms with Crippen molar-refractivity contribution in [3.8, 4) is 5.75 Å². The molecule has 3 N–H and O–H groups in total. The molecule has 0 aromatic heterocycles. The number of guanidine groups is 1. The van der Waals surface area contributed by atoms with Crippen LogP contribution >= 0.6 is 0 Å². The molecule has 1 amide bonds. The first-order valence-electron chi connectivity index (χ1n) is 9.34. The van der Waals surface area contributed by atoms with Crippen LogP contribution in [-0.2, 0) is 6.54 Å². The number of amides is 1. The highest BCUT2D eigenvalue weighted by Crippen LogP contribution is 2.22. The van der Waals surface area contributed by atoms with Crippen molar-refractivity contribution in [1.82, 2.24) is 10.2 Å². The zero-order chi connectivity index (χ0) is 19.9. The summed E-state index contributed by atoms with van der Waals surface area (Å²) in [4.78, 5) is 20.2. The Bertz CT molecular complexity index is 827. The number of primary amides is 1. The molecule has 1 aliphatic rings. The molecule has 0 spiro atoms. The van der Waals surface area contributed by atoms with Gasteiger partial charge in [-0.15, -0.1) is 0 Å². The Hall–Kier alpha value is -3.22. The number of nitrogens with zero attached hydrogens (tertiary/aromatic N) is 3. The number of nitrogens with two attached hydrogens (primary N) is 1. The van der Waals surface area contributed by atoms with Gasteiger partial charge in [-0.3, -0.25) is 9.79 Å². The number of ether oxygens (including phenoxy) is 1. The van der Waals surface area contributed by atoms with Crippen molar-refractivity contribution in [2.75, 3.05) is 45.2 Å². The van der Waals surface area contributed by atoms with E-state index in [9.17, 15) is 4.79 Å². The normalized spacial score (nSPS) is 14.7. The smallest absolute Gasteiger partial charge is 0.248 e. The molecule has 7 nitrogen and oxygen atoms in total. The van der Waals surface area contributed by atoms with Gasteiger partial charge in [-0.05, 0) is 29.8 Å². The minimum Gasteiger partial charge on any atom is -0.497 e. The van der Waals surface area contributed by atoms with Crippen LogP contribution in [0.25, 0.3) is 0 Å². The third-order valence-electron chi connectivity index (χ3n) is 4.90. The predicted molar refractivity (Wildman–Crippen MR) is 112 cm³/mol. The second-order valence-electron chi connectivity index (χ2n) is 6.64. The summed E-state index contributed by atoms with van der Waals surface area (Å²) >= 11 is 0. The van der Waals surface area contributed by atoms with E-state index in [-0.39, 0.29) is 0 Å². The average Bonchev–Trinajstić information content (AvgIpc) is 2.75.